The molecule has 7 aromatic carbocycles. The lowest BCUT2D eigenvalue weighted by Gasteiger charge is -2.22. The van der Waals surface area contributed by atoms with Gasteiger partial charge in [0.2, 0.25) is 0 Å². The first kappa shape index (κ1) is 22.4. The third-order valence-corrected chi connectivity index (χ3v) is 9.03. The van der Waals surface area contributed by atoms with Crippen molar-refractivity contribution >= 4 is 33.3 Å². The highest BCUT2D eigenvalue weighted by Gasteiger charge is 2.21. The molecule has 0 unspecified atom stereocenters. The Morgan fingerprint density at radius 1 is 0.308 bits per heavy atom. The second-order valence-corrected chi connectivity index (χ2v) is 11.1. The number of hydrogen-bond acceptors (Lipinski definition) is 1. The Balaban J connectivity index is 1.41. The molecule has 1 heteroatoms. The van der Waals surface area contributed by atoms with Gasteiger partial charge in [0.25, 0.3) is 0 Å². The molecular formula is C38H24S. The van der Waals surface area contributed by atoms with E-state index in [9.17, 15) is 0 Å². The van der Waals surface area contributed by atoms with E-state index in [1.165, 1.54) is 75.8 Å². The third kappa shape index (κ3) is 3.55. The molecule has 8 rings (SSSR count). The fourth-order valence-electron chi connectivity index (χ4n) is 6.19. The van der Waals surface area contributed by atoms with Crippen LogP contribution in [0.1, 0.15) is 0 Å². The van der Waals surface area contributed by atoms with Crippen molar-refractivity contribution in [3.05, 3.63) is 146 Å². The molecular weight excluding hydrogens is 488 g/mol. The summed E-state index contributed by atoms with van der Waals surface area (Å²) in [6.07, 6.45) is 0. The lowest BCUT2D eigenvalue weighted by Crippen LogP contribution is -1.95. The highest BCUT2D eigenvalue weighted by molar-refractivity contribution is 7.99. The zero-order valence-corrected chi connectivity index (χ0v) is 22.1. The van der Waals surface area contributed by atoms with Crippen LogP contribution in [0.15, 0.2) is 155 Å². The molecule has 0 radical (unpaired) electrons. The molecule has 0 nitrogen and oxygen atoms in total. The van der Waals surface area contributed by atoms with Crippen LogP contribution < -0.4 is 0 Å². The molecule has 7 aromatic rings. The predicted octanol–water partition coefficient (Wildman–Crippen LogP) is 11.1. The normalized spacial score (nSPS) is 12.0. The van der Waals surface area contributed by atoms with Gasteiger partial charge in [-0.25, -0.2) is 0 Å². The molecule has 39 heavy (non-hydrogen) atoms. The molecule has 0 saturated heterocycles. The highest BCUT2D eigenvalue weighted by atomic mass is 32.2. The van der Waals surface area contributed by atoms with E-state index in [4.69, 9.17) is 0 Å². The zero-order valence-electron chi connectivity index (χ0n) is 21.3. The molecule has 0 N–H and O–H groups in total. The van der Waals surface area contributed by atoms with E-state index in [0.717, 1.165) is 0 Å². The van der Waals surface area contributed by atoms with Gasteiger partial charge < -0.3 is 0 Å². The molecule has 0 amide bonds. The Morgan fingerprint density at radius 2 is 0.897 bits per heavy atom. The van der Waals surface area contributed by atoms with Crippen LogP contribution in [0.2, 0.25) is 0 Å². The van der Waals surface area contributed by atoms with Crippen molar-refractivity contribution in [3.8, 4) is 44.5 Å². The van der Waals surface area contributed by atoms with Crippen molar-refractivity contribution in [2.75, 3.05) is 0 Å². The summed E-state index contributed by atoms with van der Waals surface area (Å²) in [7, 11) is 0. The number of benzene rings is 7. The lowest BCUT2D eigenvalue weighted by molar-refractivity contribution is 1.40. The molecule has 0 fully saturated rings. The van der Waals surface area contributed by atoms with E-state index in [0.29, 0.717) is 0 Å². The maximum Gasteiger partial charge on any atom is 0.0207 e. The predicted molar refractivity (Wildman–Crippen MR) is 167 cm³/mol. The standard InChI is InChI=1S/C38H24S/c1-2-11-25(12-3-1)27-18-8-13-26-14-9-19-32(37(26)27)29-16-5-4-15-28(29)30-23-24-36-38-33(30)20-10-21-34(38)31-17-6-7-22-35(31)39-36/h1-24H. The molecule has 0 atom stereocenters. The van der Waals surface area contributed by atoms with Crippen molar-refractivity contribution in [3.63, 3.8) is 0 Å². The van der Waals surface area contributed by atoms with E-state index in [-0.39, 0.29) is 0 Å². The van der Waals surface area contributed by atoms with Crippen molar-refractivity contribution < 1.29 is 0 Å². The Bertz CT molecular complexity index is 2030. The summed E-state index contributed by atoms with van der Waals surface area (Å²) in [5.41, 5.74) is 10.2. The van der Waals surface area contributed by atoms with Crippen LogP contribution in [0, 0.1) is 0 Å². The topological polar surface area (TPSA) is 0 Å². The van der Waals surface area contributed by atoms with Gasteiger partial charge in [0.1, 0.15) is 0 Å². The quantitative estimate of drug-likeness (QED) is 0.227. The Morgan fingerprint density at radius 3 is 1.69 bits per heavy atom. The molecule has 182 valence electrons. The molecule has 1 heterocycles. The SMILES string of the molecule is c1ccc(-c2cccc3cccc(-c4ccccc4-c4ccc5c6c(cccc46)-c4ccccc4S5)c23)cc1. The second-order valence-electron chi connectivity index (χ2n) is 10.1. The molecule has 0 bridgehead atoms. The fraction of sp³-hybridized carbons (Fsp3) is 0. The van der Waals surface area contributed by atoms with E-state index in [2.05, 4.69) is 146 Å². The van der Waals surface area contributed by atoms with Crippen molar-refractivity contribution in [1.82, 2.24) is 0 Å². The Kier molecular flexibility index (Phi) is 5.17. The summed E-state index contributed by atoms with van der Waals surface area (Å²) in [6, 6.07) is 53.2. The maximum absolute atomic E-state index is 2.32. The molecule has 0 aromatic heterocycles. The van der Waals surface area contributed by atoms with Crippen LogP contribution in [0.5, 0.6) is 0 Å². The van der Waals surface area contributed by atoms with Crippen LogP contribution in [0.25, 0.3) is 66.1 Å². The molecule has 0 spiro atoms. The highest BCUT2D eigenvalue weighted by Crippen LogP contribution is 2.50. The maximum atomic E-state index is 2.32. The monoisotopic (exact) mass is 512 g/mol. The Hall–Kier alpha value is -4.59. The van der Waals surface area contributed by atoms with Gasteiger partial charge in [-0.1, -0.05) is 145 Å². The number of fused-ring (bicyclic) bond motifs is 3. The summed E-state index contributed by atoms with van der Waals surface area (Å²) in [4.78, 5) is 2.66. The second kappa shape index (κ2) is 9.01. The number of rotatable bonds is 3. The molecule has 0 aliphatic carbocycles. The first-order valence-electron chi connectivity index (χ1n) is 13.4. The summed E-state index contributed by atoms with van der Waals surface area (Å²) >= 11 is 1.88. The average molecular weight is 513 g/mol. The van der Waals surface area contributed by atoms with Gasteiger partial charge in [0.15, 0.2) is 0 Å². The zero-order chi connectivity index (χ0) is 25.8. The van der Waals surface area contributed by atoms with Gasteiger partial charge in [-0.05, 0) is 72.8 Å². The minimum atomic E-state index is 1.24. The summed E-state index contributed by atoms with van der Waals surface area (Å²) in [5, 5.41) is 5.22. The van der Waals surface area contributed by atoms with Crippen LogP contribution in [-0.4, -0.2) is 0 Å². The van der Waals surface area contributed by atoms with Crippen molar-refractivity contribution in [1.29, 1.82) is 0 Å². The van der Waals surface area contributed by atoms with Crippen molar-refractivity contribution in [2.24, 2.45) is 0 Å². The van der Waals surface area contributed by atoms with E-state index < -0.39 is 0 Å². The first-order valence-corrected chi connectivity index (χ1v) is 14.2. The van der Waals surface area contributed by atoms with Crippen LogP contribution in [0.3, 0.4) is 0 Å². The smallest absolute Gasteiger partial charge is 0.0207 e. The van der Waals surface area contributed by atoms with E-state index in [1.807, 2.05) is 11.8 Å². The summed E-state index contributed by atoms with van der Waals surface area (Å²) in [6.45, 7) is 0. The van der Waals surface area contributed by atoms with Crippen LogP contribution >= 0.6 is 11.8 Å². The van der Waals surface area contributed by atoms with Gasteiger partial charge in [0, 0.05) is 15.2 Å². The molecule has 1 aliphatic rings. The summed E-state index contributed by atoms with van der Waals surface area (Å²) in [5.74, 6) is 0. The van der Waals surface area contributed by atoms with Gasteiger partial charge in [0.05, 0.1) is 0 Å². The minimum absolute atomic E-state index is 1.24. The van der Waals surface area contributed by atoms with Crippen LogP contribution in [0.4, 0.5) is 0 Å². The van der Waals surface area contributed by atoms with E-state index >= 15 is 0 Å². The lowest BCUT2D eigenvalue weighted by atomic mass is 9.86. The molecule has 1 aliphatic heterocycles. The average Bonchev–Trinajstić information content (AvgIpc) is 3.01. The first-order chi connectivity index (χ1) is 19.4. The van der Waals surface area contributed by atoms with Gasteiger partial charge in [-0.3, -0.25) is 0 Å². The molecule has 0 saturated carbocycles. The van der Waals surface area contributed by atoms with E-state index in [1.54, 1.807) is 0 Å². The third-order valence-electron chi connectivity index (χ3n) is 7.90. The largest absolute Gasteiger partial charge is 0.0888 e. The van der Waals surface area contributed by atoms with Gasteiger partial charge in [-0.2, -0.15) is 0 Å². The van der Waals surface area contributed by atoms with Crippen LogP contribution in [-0.2, 0) is 0 Å². The Labute approximate surface area is 232 Å². The van der Waals surface area contributed by atoms with Gasteiger partial charge >= 0.3 is 0 Å². The summed E-state index contributed by atoms with van der Waals surface area (Å²) < 4.78 is 0. The minimum Gasteiger partial charge on any atom is -0.0888 e. The number of hydrogen-bond donors (Lipinski definition) is 0. The van der Waals surface area contributed by atoms with Gasteiger partial charge in [-0.15, -0.1) is 0 Å². The fourth-order valence-corrected chi connectivity index (χ4v) is 7.32. The van der Waals surface area contributed by atoms with Crippen molar-refractivity contribution in [2.45, 2.75) is 9.79 Å².